The van der Waals surface area contributed by atoms with Crippen LogP contribution in [-0.2, 0) is 12.0 Å². The van der Waals surface area contributed by atoms with Gasteiger partial charge in [-0.1, -0.05) is 67.3 Å². The van der Waals surface area contributed by atoms with Crippen molar-refractivity contribution in [1.82, 2.24) is 0 Å². The van der Waals surface area contributed by atoms with E-state index >= 15 is 0 Å². The molecule has 0 aromatic heterocycles. The summed E-state index contributed by atoms with van der Waals surface area (Å²) in [4.78, 5) is 0. The second kappa shape index (κ2) is 4.67. The molecule has 0 saturated heterocycles. The monoisotopic (exact) mass is 250 g/mol. The van der Waals surface area contributed by atoms with Gasteiger partial charge < -0.3 is 5.11 Å². The van der Waals surface area contributed by atoms with Crippen LogP contribution in [0.25, 0.3) is 0 Å². The van der Waals surface area contributed by atoms with Gasteiger partial charge in [-0.25, -0.2) is 0 Å². The molecule has 96 valence electrons. The molecule has 1 N–H and O–H groups in total. The van der Waals surface area contributed by atoms with Crippen LogP contribution < -0.4 is 0 Å². The Labute approximate surface area is 114 Å². The smallest absolute Gasteiger partial charge is 0.115 e. The molecule has 19 heavy (non-hydrogen) atoms. The van der Waals surface area contributed by atoms with Gasteiger partial charge in [0.25, 0.3) is 0 Å². The van der Waals surface area contributed by atoms with E-state index in [1.165, 1.54) is 11.1 Å². The third kappa shape index (κ3) is 1.91. The van der Waals surface area contributed by atoms with Crippen molar-refractivity contribution in [3.05, 3.63) is 83.9 Å². The Morgan fingerprint density at radius 2 is 1.74 bits per heavy atom. The second-order valence-corrected chi connectivity index (χ2v) is 5.19. The summed E-state index contributed by atoms with van der Waals surface area (Å²) in [5.74, 6) is 0.0844. The Hall–Kier alpha value is -1.86. The van der Waals surface area contributed by atoms with Gasteiger partial charge in [-0.05, 0) is 29.5 Å². The number of aryl methyl sites for hydroxylation is 1. The molecular weight excluding hydrogens is 232 g/mol. The molecule has 2 aromatic rings. The fourth-order valence-corrected chi connectivity index (χ4v) is 3.19. The first-order valence-electron chi connectivity index (χ1n) is 6.75. The van der Waals surface area contributed by atoms with E-state index in [-0.39, 0.29) is 5.92 Å². The van der Waals surface area contributed by atoms with Crippen molar-refractivity contribution in [2.75, 3.05) is 0 Å². The first kappa shape index (κ1) is 12.2. The molecule has 1 aliphatic carbocycles. The predicted octanol–water partition coefficient (Wildman–Crippen LogP) is 3.79. The molecule has 0 fully saturated rings. The van der Waals surface area contributed by atoms with Crippen molar-refractivity contribution in [3.63, 3.8) is 0 Å². The van der Waals surface area contributed by atoms with Gasteiger partial charge in [0.1, 0.15) is 5.60 Å². The lowest BCUT2D eigenvalue weighted by atomic mass is 9.69. The quantitative estimate of drug-likeness (QED) is 0.804. The standard InChI is InChI=1S/C18H18O/c1-2-18(19)16-11-7-6-10-15(16)12-13-17(18)14-8-4-3-5-9-14/h2-11,17,19H,1,12-13H2/t17-,18-/m1/s1. The largest absolute Gasteiger partial charge is 0.380 e. The lowest BCUT2D eigenvalue weighted by Gasteiger charge is -2.39. The minimum atomic E-state index is -0.962. The summed E-state index contributed by atoms with van der Waals surface area (Å²) < 4.78 is 0. The summed E-state index contributed by atoms with van der Waals surface area (Å²) in [5, 5.41) is 11.1. The van der Waals surface area contributed by atoms with Crippen LogP contribution >= 0.6 is 0 Å². The Kier molecular flexibility index (Phi) is 3.00. The molecule has 2 aromatic carbocycles. The minimum Gasteiger partial charge on any atom is -0.380 e. The Morgan fingerprint density at radius 1 is 1.05 bits per heavy atom. The maximum absolute atomic E-state index is 11.1. The molecule has 2 atom stereocenters. The van der Waals surface area contributed by atoms with Gasteiger partial charge in [-0.2, -0.15) is 0 Å². The number of hydrogen-bond acceptors (Lipinski definition) is 1. The highest BCUT2D eigenvalue weighted by molar-refractivity contribution is 5.43. The van der Waals surface area contributed by atoms with Crippen molar-refractivity contribution in [1.29, 1.82) is 0 Å². The molecule has 0 saturated carbocycles. The van der Waals surface area contributed by atoms with Crippen molar-refractivity contribution in [3.8, 4) is 0 Å². The number of benzene rings is 2. The summed E-state index contributed by atoms with van der Waals surface area (Å²) in [5.41, 5.74) is 2.46. The maximum atomic E-state index is 11.1. The molecule has 1 heteroatoms. The Bertz CT molecular complexity index is 588. The zero-order chi connectivity index (χ0) is 13.3. The lowest BCUT2D eigenvalue weighted by Crippen LogP contribution is -2.36. The maximum Gasteiger partial charge on any atom is 0.115 e. The molecule has 0 radical (unpaired) electrons. The van der Waals surface area contributed by atoms with Gasteiger partial charge in [0, 0.05) is 5.92 Å². The van der Waals surface area contributed by atoms with Crippen LogP contribution in [0.1, 0.15) is 29.0 Å². The number of aliphatic hydroxyl groups is 1. The van der Waals surface area contributed by atoms with Gasteiger partial charge in [-0.3, -0.25) is 0 Å². The van der Waals surface area contributed by atoms with Gasteiger partial charge in [-0.15, -0.1) is 0 Å². The predicted molar refractivity (Wildman–Crippen MR) is 78.0 cm³/mol. The highest BCUT2D eigenvalue weighted by Gasteiger charge is 2.40. The summed E-state index contributed by atoms with van der Waals surface area (Å²) in [6.45, 7) is 3.88. The van der Waals surface area contributed by atoms with E-state index in [1.54, 1.807) is 6.08 Å². The molecule has 1 aliphatic rings. The molecule has 0 unspecified atom stereocenters. The Morgan fingerprint density at radius 3 is 2.47 bits per heavy atom. The van der Waals surface area contributed by atoms with E-state index < -0.39 is 5.60 Å². The molecule has 0 spiro atoms. The van der Waals surface area contributed by atoms with Crippen molar-refractivity contribution in [2.45, 2.75) is 24.4 Å². The van der Waals surface area contributed by atoms with Crippen LogP contribution in [0.3, 0.4) is 0 Å². The molecule has 1 nitrogen and oxygen atoms in total. The van der Waals surface area contributed by atoms with Gasteiger partial charge >= 0.3 is 0 Å². The van der Waals surface area contributed by atoms with E-state index in [1.807, 2.05) is 36.4 Å². The fraction of sp³-hybridized carbons (Fsp3) is 0.222. The number of hydrogen-bond donors (Lipinski definition) is 1. The third-order valence-electron chi connectivity index (χ3n) is 4.20. The zero-order valence-corrected chi connectivity index (χ0v) is 10.9. The normalized spacial score (nSPS) is 25.6. The highest BCUT2D eigenvalue weighted by Crippen LogP contribution is 2.46. The molecule has 0 heterocycles. The van der Waals surface area contributed by atoms with E-state index in [0.717, 1.165) is 18.4 Å². The SMILES string of the molecule is C=C[C@@]1(O)c2ccccc2CC[C@@H]1c1ccccc1. The van der Waals surface area contributed by atoms with Crippen LogP contribution in [0.5, 0.6) is 0 Å². The van der Waals surface area contributed by atoms with E-state index in [2.05, 4.69) is 24.8 Å². The van der Waals surface area contributed by atoms with Crippen molar-refractivity contribution >= 4 is 0 Å². The zero-order valence-electron chi connectivity index (χ0n) is 10.9. The van der Waals surface area contributed by atoms with Gasteiger partial charge in [0.15, 0.2) is 0 Å². The number of rotatable bonds is 2. The van der Waals surface area contributed by atoms with Crippen molar-refractivity contribution < 1.29 is 5.11 Å². The summed E-state index contributed by atoms with van der Waals surface area (Å²) in [6, 6.07) is 18.4. The van der Waals surface area contributed by atoms with Gasteiger partial charge in [0.05, 0.1) is 0 Å². The minimum absolute atomic E-state index is 0.0844. The van der Waals surface area contributed by atoms with Crippen LogP contribution in [0.4, 0.5) is 0 Å². The van der Waals surface area contributed by atoms with Gasteiger partial charge in [0.2, 0.25) is 0 Å². The lowest BCUT2D eigenvalue weighted by molar-refractivity contribution is 0.0469. The van der Waals surface area contributed by atoms with E-state index in [4.69, 9.17) is 0 Å². The summed E-state index contributed by atoms with van der Waals surface area (Å²) >= 11 is 0. The molecule has 0 amide bonds. The number of fused-ring (bicyclic) bond motifs is 1. The first-order chi connectivity index (χ1) is 9.25. The van der Waals surface area contributed by atoms with Crippen molar-refractivity contribution in [2.24, 2.45) is 0 Å². The molecule has 0 aliphatic heterocycles. The second-order valence-electron chi connectivity index (χ2n) is 5.19. The Balaban J connectivity index is 2.12. The van der Waals surface area contributed by atoms with E-state index in [0.29, 0.717) is 0 Å². The van der Waals surface area contributed by atoms with Crippen LogP contribution in [0.15, 0.2) is 67.3 Å². The topological polar surface area (TPSA) is 20.2 Å². The summed E-state index contributed by atoms with van der Waals surface area (Å²) in [6.07, 6.45) is 3.65. The third-order valence-corrected chi connectivity index (χ3v) is 4.20. The average Bonchev–Trinajstić information content (AvgIpc) is 2.49. The fourth-order valence-electron chi connectivity index (χ4n) is 3.19. The van der Waals surface area contributed by atoms with Crippen LogP contribution in [-0.4, -0.2) is 5.11 Å². The molecular formula is C18H18O. The first-order valence-corrected chi connectivity index (χ1v) is 6.75. The highest BCUT2D eigenvalue weighted by atomic mass is 16.3. The van der Waals surface area contributed by atoms with E-state index in [9.17, 15) is 5.11 Å². The average molecular weight is 250 g/mol. The molecule has 0 bridgehead atoms. The van der Waals surface area contributed by atoms with Crippen LogP contribution in [0, 0.1) is 0 Å². The summed E-state index contributed by atoms with van der Waals surface area (Å²) in [7, 11) is 0. The van der Waals surface area contributed by atoms with Crippen LogP contribution in [0.2, 0.25) is 0 Å². The molecule has 3 rings (SSSR count).